The van der Waals surface area contributed by atoms with Gasteiger partial charge in [-0.3, -0.25) is 4.90 Å². The third-order valence-electron chi connectivity index (χ3n) is 4.75. The smallest absolute Gasteiger partial charge is 0.127 e. The first kappa shape index (κ1) is 15.6. The summed E-state index contributed by atoms with van der Waals surface area (Å²) in [5, 5.41) is 6.91. The third-order valence-corrected chi connectivity index (χ3v) is 4.75. The molecule has 0 saturated carbocycles. The van der Waals surface area contributed by atoms with Crippen LogP contribution in [0.5, 0.6) is 11.5 Å². The number of fused-ring (bicyclic) bond motifs is 1. The standard InChI is InChI=1S/C17H27N3O2/c1-12-16-14(4-5-19-12)17(22-3)13(10-15(16)21-2)11-20-8-6-18-7-9-20/h10,12,18-19H,4-9,11H2,1-3H3. The van der Waals surface area contributed by atoms with E-state index >= 15 is 0 Å². The number of methoxy groups -OCH3 is 2. The summed E-state index contributed by atoms with van der Waals surface area (Å²) in [5.74, 6) is 2.04. The molecule has 1 aromatic carbocycles. The van der Waals surface area contributed by atoms with Crippen molar-refractivity contribution in [2.45, 2.75) is 25.9 Å². The maximum absolute atomic E-state index is 5.81. The molecule has 0 spiro atoms. The van der Waals surface area contributed by atoms with Crippen LogP contribution in [0.25, 0.3) is 0 Å². The van der Waals surface area contributed by atoms with Crippen LogP contribution in [0.2, 0.25) is 0 Å². The van der Waals surface area contributed by atoms with Gasteiger partial charge in [0.25, 0.3) is 0 Å². The largest absolute Gasteiger partial charge is 0.496 e. The minimum Gasteiger partial charge on any atom is -0.496 e. The Morgan fingerprint density at radius 3 is 2.64 bits per heavy atom. The molecule has 0 bridgehead atoms. The molecule has 5 nitrogen and oxygen atoms in total. The topological polar surface area (TPSA) is 45.8 Å². The maximum atomic E-state index is 5.81. The number of nitrogens with one attached hydrogen (secondary N) is 2. The summed E-state index contributed by atoms with van der Waals surface area (Å²) in [4.78, 5) is 2.48. The first-order valence-electron chi connectivity index (χ1n) is 8.17. The predicted octanol–water partition coefficient (Wildman–Crippen LogP) is 1.32. The van der Waals surface area contributed by atoms with Crippen molar-refractivity contribution >= 4 is 0 Å². The second-order valence-corrected chi connectivity index (χ2v) is 6.12. The van der Waals surface area contributed by atoms with E-state index in [0.717, 1.165) is 57.2 Å². The Balaban J connectivity index is 1.98. The normalized spacial score (nSPS) is 22.2. The average molecular weight is 305 g/mol. The van der Waals surface area contributed by atoms with Crippen molar-refractivity contribution in [1.29, 1.82) is 0 Å². The molecule has 1 fully saturated rings. The first-order valence-corrected chi connectivity index (χ1v) is 8.17. The molecule has 2 aliphatic rings. The van der Waals surface area contributed by atoms with Crippen molar-refractivity contribution in [3.63, 3.8) is 0 Å². The lowest BCUT2D eigenvalue weighted by molar-refractivity contribution is 0.229. The lowest BCUT2D eigenvalue weighted by Crippen LogP contribution is -2.43. The number of piperazine rings is 1. The number of nitrogens with zero attached hydrogens (tertiary/aromatic N) is 1. The van der Waals surface area contributed by atoms with Gasteiger partial charge < -0.3 is 20.1 Å². The highest BCUT2D eigenvalue weighted by molar-refractivity contribution is 5.56. The molecule has 2 aliphatic heterocycles. The van der Waals surface area contributed by atoms with E-state index in [2.05, 4.69) is 28.5 Å². The summed E-state index contributed by atoms with van der Waals surface area (Å²) in [6, 6.07) is 2.48. The Bertz CT molecular complexity index is 527. The number of rotatable bonds is 4. The summed E-state index contributed by atoms with van der Waals surface area (Å²) >= 11 is 0. The summed E-state index contributed by atoms with van der Waals surface area (Å²) in [6.45, 7) is 8.40. The molecule has 22 heavy (non-hydrogen) atoms. The fourth-order valence-electron chi connectivity index (χ4n) is 3.66. The van der Waals surface area contributed by atoms with Gasteiger partial charge in [-0.05, 0) is 26.0 Å². The van der Waals surface area contributed by atoms with E-state index in [9.17, 15) is 0 Å². The monoisotopic (exact) mass is 305 g/mol. The highest BCUT2D eigenvalue weighted by Crippen LogP contribution is 2.40. The minimum absolute atomic E-state index is 0.306. The Morgan fingerprint density at radius 2 is 1.95 bits per heavy atom. The van der Waals surface area contributed by atoms with E-state index in [1.54, 1.807) is 14.2 Å². The van der Waals surface area contributed by atoms with Crippen molar-refractivity contribution in [2.75, 3.05) is 46.9 Å². The molecule has 1 saturated heterocycles. The molecule has 2 N–H and O–H groups in total. The summed E-state index contributed by atoms with van der Waals surface area (Å²) in [5.41, 5.74) is 3.82. The van der Waals surface area contributed by atoms with Crippen LogP contribution in [0.1, 0.15) is 29.7 Å². The molecule has 1 atom stereocenters. The van der Waals surface area contributed by atoms with Crippen molar-refractivity contribution in [2.24, 2.45) is 0 Å². The fourth-order valence-corrected chi connectivity index (χ4v) is 3.66. The lowest BCUT2D eigenvalue weighted by Gasteiger charge is -2.31. The molecule has 3 rings (SSSR count). The third kappa shape index (κ3) is 2.93. The minimum atomic E-state index is 0.306. The second kappa shape index (κ2) is 6.86. The van der Waals surface area contributed by atoms with Crippen molar-refractivity contribution in [3.05, 3.63) is 22.8 Å². The van der Waals surface area contributed by atoms with Crippen LogP contribution in [0.3, 0.4) is 0 Å². The van der Waals surface area contributed by atoms with E-state index in [1.807, 2.05) is 0 Å². The molecule has 0 radical (unpaired) electrons. The molecule has 1 aromatic rings. The van der Waals surface area contributed by atoms with E-state index in [-0.39, 0.29) is 0 Å². The zero-order valence-electron chi connectivity index (χ0n) is 13.9. The quantitative estimate of drug-likeness (QED) is 0.878. The average Bonchev–Trinajstić information content (AvgIpc) is 2.55. The van der Waals surface area contributed by atoms with E-state index in [0.29, 0.717) is 6.04 Å². The van der Waals surface area contributed by atoms with Gasteiger partial charge in [0, 0.05) is 55.5 Å². The molecule has 0 amide bonds. The highest BCUT2D eigenvalue weighted by atomic mass is 16.5. The van der Waals surface area contributed by atoms with Gasteiger partial charge in [-0.1, -0.05) is 0 Å². The van der Waals surface area contributed by atoms with Crippen molar-refractivity contribution < 1.29 is 9.47 Å². The number of hydrogen-bond acceptors (Lipinski definition) is 5. The van der Waals surface area contributed by atoms with Gasteiger partial charge in [-0.25, -0.2) is 0 Å². The molecule has 5 heteroatoms. The number of ether oxygens (including phenoxy) is 2. The number of benzene rings is 1. The summed E-state index contributed by atoms with van der Waals surface area (Å²) < 4.78 is 11.5. The SMILES string of the molecule is COc1cc(CN2CCNCC2)c(OC)c2c1C(C)NCC2. The van der Waals surface area contributed by atoms with Gasteiger partial charge >= 0.3 is 0 Å². The number of hydrogen-bond donors (Lipinski definition) is 2. The van der Waals surface area contributed by atoms with Crippen molar-refractivity contribution in [1.82, 2.24) is 15.5 Å². The van der Waals surface area contributed by atoms with E-state index in [4.69, 9.17) is 9.47 Å². The molecule has 122 valence electrons. The van der Waals surface area contributed by atoms with Crippen LogP contribution in [0.4, 0.5) is 0 Å². The van der Waals surface area contributed by atoms with Gasteiger partial charge in [-0.2, -0.15) is 0 Å². The zero-order chi connectivity index (χ0) is 15.5. The highest BCUT2D eigenvalue weighted by Gasteiger charge is 2.26. The predicted molar refractivity (Wildman–Crippen MR) is 87.8 cm³/mol. The van der Waals surface area contributed by atoms with Crippen molar-refractivity contribution in [3.8, 4) is 11.5 Å². The Morgan fingerprint density at radius 1 is 1.18 bits per heavy atom. The molecule has 0 aliphatic carbocycles. The van der Waals surface area contributed by atoms with Gasteiger partial charge in [-0.15, -0.1) is 0 Å². The summed E-state index contributed by atoms with van der Waals surface area (Å²) in [6.07, 6.45) is 0.995. The van der Waals surface area contributed by atoms with Crippen LogP contribution in [-0.4, -0.2) is 51.8 Å². The zero-order valence-corrected chi connectivity index (χ0v) is 13.9. The molecular weight excluding hydrogens is 278 g/mol. The van der Waals surface area contributed by atoms with Gasteiger partial charge in [0.05, 0.1) is 14.2 Å². The van der Waals surface area contributed by atoms with Crippen LogP contribution in [0.15, 0.2) is 6.07 Å². The van der Waals surface area contributed by atoms with Gasteiger partial charge in [0.1, 0.15) is 11.5 Å². The van der Waals surface area contributed by atoms with Crippen LogP contribution in [-0.2, 0) is 13.0 Å². The van der Waals surface area contributed by atoms with Crippen LogP contribution >= 0.6 is 0 Å². The Hall–Kier alpha value is -1.30. The summed E-state index contributed by atoms with van der Waals surface area (Å²) in [7, 11) is 3.55. The maximum Gasteiger partial charge on any atom is 0.127 e. The fraction of sp³-hybridized carbons (Fsp3) is 0.647. The van der Waals surface area contributed by atoms with E-state index < -0.39 is 0 Å². The molecule has 1 unspecified atom stereocenters. The Labute approximate surface area is 133 Å². The molecule has 0 aromatic heterocycles. The molecular formula is C17H27N3O2. The van der Waals surface area contributed by atoms with Gasteiger partial charge in [0.15, 0.2) is 0 Å². The van der Waals surface area contributed by atoms with Crippen LogP contribution in [0, 0.1) is 0 Å². The Kier molecular flexibility index (Phi) is 4.86. The van der Waals surface area contributed by atoms with Crippen LogP contribution < -0.4 is 20.1 Å². The van der Waals surface area contributed by atoms with E-state index in [1.165, 1.54) is 16.7 Å². The lowest BCUT2D eigenvalue weighted by atomic mass is 9.90. The second-order valence-electron chi connectivity index (χ2n) is 6.12. The first-order chi connectivity index (χ1) is 10.7. The molecule has 2 heterocycles. The van der Waals surface area contributed by atoms with Gasteiger partial charge in [0.2, 0.25) is 0 Å².